The number of hydrogen-bond donors (Lipinski definition) is 1. The molecule has 0 atom stereocenters. The predicted molar refractivity (Wildman–Crippen MR) is 84.5 cm³/mol. The van der Waals surface area contributed by atoms with Gasteiger partial charge in [-0.15, -0.1) is 0 Å². The van der Waals surface area contributed by atoms with Crippen LogP contribution in [-0.4, -0.2) is 25.1 Å². The van der Waals surface area contributed by atoms with Crippen molar-refractivity contribution in [3.05, 3.63) is 60.1 Å². The van der Waals surface area contributed by atoms with E-state index in [1.807, 2.05) is 30.3 Å². The van der Waals surface area contributed by atoms with Crippen LogP contribution in [0.4, 0.5) is 5.95 Å². The zero-order chi connectivity index (χ0) is 16.4. The molecule has 0 saturated heterocycles. The van der Waals surface area contributed by atoms with Gasteiger partial charge < -0.3 is 14.7 Å². The number of nitrogens with two attached hydrogens (primary N) is 1. The van der Waals surface area contributed by atoms with Gasteiger partial charge in [-0.25, -0.2) is 4.98 Å². The number of hydrogen-bond acceptors (Lipinski definition) is 8. The van der Waals surface area contributed by atoms with Crippen LogP contribution in [0.2, 0.25) is 0 Å². The molecule has 24 heavy (non-hydrogen) atoms. The highest BCUT2D eigenvalue weighted by atomic mass is 16.5. The Labute approximate surface area is 136 Å². The Hall–Kier alpha value is -3.55. The maximum atomic E-state index is 5.78. The van der Waals surface area contributed by atoms with Crippen molar-refractivity contribution >= 4 is 5.95 Å². The van der Waals surface area contributed by atoms with E-state index in [0.29, 0.717) is 18.0 Å². The molecule has 0 aliphatic carbocycles. The summed E-state index contributed by atoms with van der Waals surface area (Å²) in [7, 11) is 0. The van der Waals surface area contributed by atoms with E-state index in [9.17, 15) is 0 Å². The second-order valence-corrected chi connectivity index (χ2v) is 5.00. The van der Waals surface area contributed by atoms with E-state index in [-0.39, 0.29) is 23.5 Å². The fourth-order valence-electron chi connectivity index (χ4n) is 2.21. The molecular formula is C16H12N6O2. The molecule has 0 amide bonds. The third-order valence-electron chi connectivity index (χ3n) is 3.26. The zero-order valence-electron chi connectivity index (χ0n) is 12.5. The summed E-state index contributed by atoms with van der Waals surface area (Å²) in [5.74, 6) is 1.85. The minimum Gasteiger partial charge on any atom is -0.459 e. The van der Waals surface area contributed by atoms with Gasteiger partial charge in [0.05, 0.1) is 6.26 Å². The van der Waals surface area contributed by atoms with Crippen molar-refractivity contribution in [1.82, 2.24) is 25.1 Å². The largest absolute Gasteiger partial charge is 0.459 e. The molecule has 8 nitrogen and oxygen atoms in total. The minimum absolute atomic E-state index is 0.107. The molecule has 1 aromatic carbocycles. The molecule has 0 aliphatic heterocycles. The molecule has 0 bridgehead atoms. The SMILES string of the molecule is Nc1nc(Cc2ccccc2)nc(-c2noc(-c3ccco3)n2)n1. The van der Waals surface area contributed by atoms with Crippen molar-refractivity contribution in [2.75, 3.05) is 5.73 Å². The molecule has 118 valence electrons. The molecule has 4 rings (SSSR count). The number of nitrogen functional groups attached to an aromatic ring is 1. The fourth-order valence-corrected chi connectivity index (χ4v) is 2.21. The highest BCUT2D eigenvalue weighted by Crippen LogP contribution is 2.21. The number of anilines is 1. The molecule has 8 heteroatoms. The first-order valence-corrected chi connectivity index (χ1v) is 7.20. The lowest BCUT2D eigenvalue weighted by atomic mass is 10.1. The van der Waals surface area contributed by atoms with Crippen LogP contribution in [0, 0.1) is 0 Å². The maximum Gasteiger partial charge on any atom is 0.294 e. The van der Waals surface area contributed by atoms with Gasteiger partial charge in [0.25, 0.3) is 5.89 Å². The Bertz CT molecular complexity index is 950. The molecular weight excluding hydrogens is 308 g/mol. The lowest BCUT2D eigenvalue weighted by molar-refractivity contribution is 0.416. The van der Waals surface area contributed by atoms with Gasteiger partial charge in [-0.2, -0.15) is 15.0 Å². The summed E-state index contributed by atoms with van der Waals surface area (Å²) in [6.45, 7) is 0. The van der Waals surface area contributed by atoms with Gasteiger partial charge in [0.2, 0.25) is 17.6 Å². The van der Waals surface area contributed by atoms with E-state index in [1.165, 1.54) is 6.26 Å². The van der Waals surface area contributed by atoms with Crippen LogP contribution in [0.5, 0.6) is 0 Å². The van der Waals surface area contributed by atoms with E-state index in [0.717, 1.165) is 5.56 Å². The molecule has 0 saturated carbocycles. The average molecular weight is 320 g/mol. The van der Waals surface area contributed by atoms with Crippen LogP contribution in [0.3, 0.4) is 0 Å². The monoisotopic (exact) mass is 320 g/mol. The maximum absolute atomic E-state index is 5.78. The zero-order valence-corrected chi connectivity index (χ0v) is 12.5. The number of benzene rings is 1. The third-order valence-corrected chi connectivity index (χ3v) is 3.26. The van der Waals surface area contributed by atoms with Crippen LogP contribution >= 0.6 is 0 Å². The van der Waals surface area contributed by atoms with Crippen molar-refractivity contribution in [2.24, 2.45) is 0 Å². The molecule has 4 aromatic rings. The number of rotatable bonds is 4. The summed E-state index contributed by atoms with van der Waals surface area (Å²) in [4.78, 5) is 16.9. The average Bonchev–Trinajstić information content (AvgIpc) is 3.27. The first-order chi connectivity index (χ1) is 11.8. The Kier molecular flexibility index (Phi) is 3.47. The van der Waals surface area contributed by atoms with Crippen LogP contribution in [0.15, 0.2) is 57.7 Å². The quantitative estimate of drug-likeness (QED) is 0.609. The van der Waals surface area contributed by atoms with Gasteiger partial charge in [0.15, 0.2) is 5.76 Å². The smallest absolute Gasteiger partial charge is 0.294 e. The predicted octanol–water partition coefficient (Wildman–Crippen LogP) is 2.35. The lowest BCUT2D eigenvalue weighted by Crippen LogP contribution is -2.06. The summed E-state index contributed by atoms with van der Waals surface area (Å²) in [6.07, 6.45) is 2.06. The van der Waals surface area contributed by atoms with Crippen LogP contribution in [0.1, 0.15) is 11.4 Å². The highest BCUT2D eigenvalue weighted by Gasteiger charge is 2.16. The molecule has 0 unspecified atom stereocenters. The number of aromatic nitrogens is 5. The molecule has 2 N–H and O–H groups in total. The van der Waals surface area contributed by atoms with Gasteiger partial charge in [-0.3, -0.25) is 0 Å². The summed E-state index contributed by atoms with van der Waals surface area (Å²) < 4.78 is 10.4. The van der Waals surface area contributed by atoms with Crippen molar-refractivity contribution < 1.29 is 8.94 Å². The van der Waals surface area contributed by atoms with E-state index >= 15 is 0 Å². The van der Waals surface area contributed by atoms with Gasteiger partial charge >= 0.3 is 0 Å². The van der Waals surface area contributed by atoms with Crippen molar-refractivity contribution in [2.45, 2.75) is 6.42 Å². The number of nitrogens with zero attached hydrogens (tertiary/aromatic N) is 5. The second-order valence-electron chi connectivity index (χ2n) is 5.00. The topological polar surface area (TPSA) is 117 Å². The van der Waals surface area contributed by atoms with Crippen LogP contribution < -0.4 is 5.73 Å². The fraction of sp³-hybridized carbons (Fsp3) is 0.0625. The standard InChI is InChI=1S/C16H12N6O2/c17-16-19-12(9-10-5-2-1-3-6-10)18-13(21-16)14-20-15(24-22-14)11-7-4-8-23-11/h1-8H,9H2,(H2,17,18,19,21). The van der Waals surface area contributed by atoms with E-state index in [2.05, 4.69) is 25.1 Å². The van der Waals surface area contributed by atoms with Gasteiger partial charge in [-0.05, 0) is 17.7 Å². The Morgan fingerprint density at radius 1 is 0.875 bits per heavy atom. The molecule has 0 fully saturated rings. The molecule has 0 radical (unpaired) electrons. The first kappa shape index (κ1) is 14.1. The summed E-state index contributed by atoms with van der Waals surface area (Å²) in [5, 5.41) is 3.88. The summed E-state index contributed by atoms with van der Waals surface area (Å²) in [5.41, 5.74) is 6.85. The lowest BCUT2D eigenvalue weighted by Gasteiger charge is -2.02. The Morgan fingerprint density at radius 2 is 1.75 bits per heavy atom. The van der Waals surface area contributed by atoms with Crippen molar-refractivity contribution in [1.29, 1.82) is 0 Å². The van der Waals surface area contributed by atoms with Gasteiger partial charge in [-0.1, -0.05) is 35.5 Å². The summed E-state index contributed by atoms with van der Waals surface area (Å²) >= 11 is 0. The van der Waals surface area contributed by atoms with Crippen molar-refractivity contribution in [3.63, 3.8) is 0 Å². The molecule has 0 aliphatic rings. The minimum atomic E-state index is 0.107. The third kappa shape index (κ3) is 2.84. The van der Waals surface area contributed by atoms with E-state index in [4.69, 9.17) is 14.7 Å². The van der Waals surface area contributed by atoms with Crippen LogP contribution in [0.25, 0.3) is 23.3 Å². The summed E-state index contributed by atoms with van der Waals surface area (Å²) in [6, 6.07) is 13.3. The van der Waals surface area contributed by atoms with E-state index in [1.54, 1.807) is 12.1 Å². The number of furan rings is 1. The highest BCUT2D eigenvalue weighted by molar-refractivity contribution is 5.50. The Morgan fingerprint density at radius 3 is 2.54 bits per heavy atom. The second kappa shape index (κ2) is 5.92. The normalized spacial score (nSPS) is 10.8. The van der Waals surface area contributed by atoms with Crippen molar-refractivity contribution in [3.8, 4) is 23.3 Å². The van der Waals surface area contributed by atoms with Crippen LogP contribution in [-0.2, 0) is 6.42 Å². The molecule has 3 aromatic heterocycles. The first-order valence-electron chi connectivity index (χ1n) is 7.20. The van der Waals surface area contributed by atoms with Gasteiger partial charge in [0.1, 0.15) is 5.82 Å². The van der Waals surface area contributed by atoms with Gasteiger partial charge in [0, 0.05) is 6.42 Å². The van der Waals surface area contributed by atoms with E-state index < -0.39 is 0 Å². The Balaban J connectivity index is 1.66. The molecule has 3 heterocycles. The molecule has 0 spiro atoms.